The Labute approximate surface area is 69.1 Å². The van der Waals surface area contributed by atoms with Gasteiger partial charge in [-0.1, -0.05) is 32.9 Å². The second-order valence-corrected chi connectivity index (χ2v) is 4.54. The summed E-state index contributed by atoms with van der Waals surface area (Å²) < 4.78 is 0. The summed E-state index contributed by atoms with van der Waals surface area (Å²) in [5, 5.41) is 9.89. The number of allylic oxidation sites excluding steroid dienone is 1. The van der Waals surface area contributed by atoms with Gasteiger partial charge in [-0.05, 0) is 24.7 Å². The van der Waals surface area contributed by atoms with E-state index in [2.05, 4.69) is 26.8 Å². The van der Waals surface area contributed by atoms with Crippen molar-refractivity contribution in [3.63, 3.8) is 0 Å². The van der Waals surface area contributed by atoms with E-state index in [0.717, 1.165) is 6.42 Å². The van der Waals surface area contributed by atoms with Crippen LogP contribution in [0.2, 0.25) is 0 Å². The predicted molar refractivity (Wildman–Crippen MR) is 47.3 cm³/mol. The molecule has 0 saturated carbocycles. The van der Waals surface area contributed by atoms with Gasteiger partial charge in [0.05, 0.1) is 5.60 Å². The average molecular weight is 154 g/mol. The first kappa shape index (κ1) is 8.79. The molecule has 0 aliphatic heterocycles. The van der Waals surface area contributed by atoms with E-state index in [4.69, 9.17) is 0 Å². The second-order valence-electron chi connectivity index (χ2n) is 4.54. The number of hydrogen-bond donors (Lipinski definition) is 1. The topological polar surface area (TPSA) is 20.2 Å². The van der Waals surface area contributed by atoms with Crippen LogP contribution in [0.4, 0.5) is 0 Å². The van der Waals surface area contributed by atoms with Gasteiger partial charge in [-0.15, -0.1) is 0 Å². The average Bonchev–Trinajstić information content (AvgIpc) is 1.82. The quantitative estimate of drug-likeness (QED) is 0.531. The van der Waals surface area contributed by atoms with Crippen molar-refractivity contribution in [3.8, 4) is 0 Å². The van der Waals surface area contributed by atoms with Crippen LogP contribution < -0.4 is 0 Å². The third-order valence-corrected chi connectivity index (χ3v) is 3.15. The Bertz CT molecular complexity index is 177. The molecule has 0 spiro atoms. The molecule has 2 unspecified atom stereocenters. The van der Waals surface area contributed by atoms with E-state index in [1.54, 1.807) is 0 Å². The molecule has 11 heavy (non-hydrogen) atoms. The lowest BCUT2D eigenvalue weighted by Gasteiger charge is -2.42. The van der Waals surface area contributed by atoms with E-state index >= 15 is 0 Å². The van der Waals surface area contributed by atoms with Crippen LogP contribution >= 0.6 is 0 Å². The van der Waals surface area contributed by atoms with Crippen molar-refractivity contribution in [2.24, 2.45) is 11.3 Å². The standard InChI is InChI=1S/C10H18O/c1-8-9(2,3)6-5-7-10(8,4)11/h5,7-8,11H,6H2,1-4H3. The van der Waals surface area contributed by atoms with Crippen LogP contribution in [-0.2, 0) is 0 Å². The maximum atomic E-state index is 9.89. The van der Waals surface area contributed by atoms with Gasteiger partial charge in [0.1, 0.15) is 0 Å². The first-order valence-corrected chi connectivity index (χ1v) is 4.26. The molecule has 1 aliphatic rings. The van der Waals surface area contributed by atoms with Gasteiger partial charge in [-0.2, -0.15) is 0 Å². The Hall–Kier alpha value is -0.300. The van der Waals surface area contributed by atoms with Crippen molar-refractivity contribution >= 4 is 0 Å². The molecule has 0 amide bonds. The van der Waals surface area contributed by atoms with Gasteiger partial charge in [0.25, 0.3) is 0 Å². The molecule has 0 saturated heterocycles. The molecule has 0 radical (unpaired) electrons. The van der Waals surface area contributed by atoms with Crippen molar-refractivity contribution < 1.29 is 5.11 Å². The summed E-state index contributed by atoms with van der Waals surface area (Å²) in [6, 6.07) is 0. The van der Waals surface area contributed by atoms with E-state index < -0.39 is 5.60 Å². The maximum Gasteiger partial charge on any atom is 0.0830 e. The van der Waals surface area contributed by atoms with Gasteiger partial charge in [-0.25, -0.2) is 0 Å². The molecule has 64 valence electrons. The normalized spacial score (nSPS) is 42.5. The van der Waals surface area contributed by atoms with Crippen LogP contribution in [0.5, 0.6) is 0 Å². The van der Waals surface area contributed by atoms with E-state index in [-0.39, 0.29) is 5.41 Å². The van der Waals surface area contributed by atoms with Gasteiger partial charge in [0.2, 0.25) is 0 Å². The highest BCUT2D eigenvalue weighted by Gasteiger charge is 2.39. The molecule has 1 heteroatoms. The fraction of sp³-hybridized carbons (Fsp3) is 0.800. The highest BCUT2D eigenvalue weighted by Crippen LogP contribution is 2.41. The van der Waals surface area contributed by atoms with Crippen molar-refractivity contribution in [1.82, 2.24) is 0 Å². The summed E-state index contributed by atoms with van der Waals surface area (Å²) in [6.45, 7) is 8.41. The fourth-order valence-electron chi connectivity index (χ4n) is 1.71. The summed E-state index contributed by atoms with van der Waals surface area (Å²) in [5.74, 6) is 0.333. The minimum absolute atomic E-state index is 0.234. The van der Waals surface area contributed by atoms with Crippen LogP contribution in [0.1, 0.15) is 34.1 Å². The van der Waals surface area contributed by atoms with Gasteiger partial charge in [0, 0.05) is 0 Å². The van der Waals surface area contributed by atoms with Crippen LogP contribution in [0, 0.1) is 11.3 Å². The third-order valence-electron chi connectivity index (χ3n) is 3.15. The second kappa shape index (κ2) is 2.34. The smallest absolute Gasteiger partial charge is 0.0830 e. The molecule has 0 aromatic rings. The first-order chi connectivity index (χ1) is 4.86. The summed E-state index contributed by atoms with van der Waals surface area (Å²) in [6.07, 6.45) is 5.08. The minimum Gasteiger partial charge on any atom is -0.386 e. The van der Waals surface area contributed by atoms with Crippen molar-refractivity contribution in [3.05, 3.63) is 12.2 Å². The highest BCUT2D eigenvalue weighted by atomic mass is 16.3. The molecule has 0 aromatic heterocycles. The van der Waals surface area contributed by atoms with Crippen LogP contribution in [0.3, 0.4) is 0 Å². The van der Waals surface area contributed by atoms with Crippen molar-refractivity contribution in [2.75, 3.05) is 0 Å². The van der Waals surface area contributed by atoms with Crippen molar-refractivity contribution in [1.29, 1.82) is 0 Å². The molecule has 0 heterocycles. The zero-order chi connectivity index (χ0) is 8.70. The van der Waals surface area contributed by atoms with E-state index in [0.29, 0.717) is 5.92 Å². The van der Waals surface area contributed by atoms with Gasteiger partial charge >= 0.3 is 0 Å². The van der Waals surface area contributed by atoms with E-state index in [9.17, 15) is 5.11 Å². The summed E-state index contributed by atoms with van der Waals surface area (Å²) in [4.78, 5) is 0. The lowest BCUT2D eigenvalue weighted by atomic mass is 9.66. The fourth-order valence-corrected chi connectivity index (χ4v) is 1.71. The van der Waals surface area contributed by atoms with Crippen LogP contribution in [0.25, 0.3) is 0 Å². The summed E-state index contributed by atoms with van der Waals surface area (Å²) >= 11 is 0. The van der Waals surface area contributed by atoms with Gasteiger partial charge in [0.15, 0.2) is 0 Å². The highest BCUT2D eigenvalue weighted by molar-refractivity contribution is 5.10. The number of aliphatic hydroxyl groups is 1. The largest absolute Gasteiger partial charge is 0.386 e. The summed E-state index contributed by atoms with van der Waals surface area (Å²) in [7, 11) is 0. The molecule has 0 fully saturated rings. The van der Waals surface area contributed by atoms with Crippen LogP contribution in [-0.4, -0.2) is 10.7 Å². The lowest BCUT2D eigenvalue weighted by molar-refractivity contribution is -0.0128. The lowest BCUT2D eigenvalue weighted by Crippen LogP contribution is -2.42. The Balaban J connectivity index is 2.91. The van der Waals surface area contributed by atoms with E-state index in [1.165, 1.54) is 0 Å². The summed E-state index contributed by atoms with van der Waals surface area (Å²) in [5.41, 5.74) is -0.375. The SMILES string of the molecule is CC1C(C)(O)C=CCC1(C)C. The first-order valence-electron chi connectivity index (χ1n) is 4.26. The van der Waals surface area contributed by atoms with Gasteiger partial charge in [-0.3, -0.25) is 0 Å². The monoisotopic (exact) mass is 154 g/mol. The molecule has 1 N–H and O–H groups in total. The van der Waals surface area contributed by atoms with Crippen molar-refractivity contribution in [2.45, 2.75) is 39.7 Å². The molecular formula is C10H18O. The predicted octanol–water partition coefficient (Wildman–Crippen LogP) is 2.36. The Morgan fingerprint density at radius 1 is 1.36 bits per heavy atom. The Morgan fingerprint density at radius 3 is 2.27 bits per heavy atom. The third kappa shape index (κ3) is 1.48. The molecule has 0 bridgehead atoms. The molecule has 1 aliphatic carbocycles. The zero-order valence-electron chi connectivity index (χ0n) is 7.89. The van der Waals surface area contributed by atoms with Crippen LogP contribution in [0.15, 0.2) is 12.2 Å². The van der Waals surface area contributed by atoms with E-state index in [1.807, 2.05) is 13.0 Å². The Morgan fingerprint density at radius 2 is 1.91 bits per heavy atom. The molecule has 2 atom stereocenters. The maximum absolute atomic E-state index is 9.89. The molecule has 1 nitrogen and oxygen atoms in total. The minimum atomic E-state index is -0.609. The van der Waals surface area contributed by atoms with Gasteiger partial charge < -0.3 is 5.11 Å². The number of hydrogen-bond acceptors (Lipinski definition) is 1. The zero-order valence-corrected chi connectivity index (χ0v) is 7.89. The Kier molecular flexibility index (Phi) is 1.87. The number of rotatable bonds is 0. The molecular weight excluding hydrogens is 136 g/mol. The molecule has 1 rings (SSSR count). The molecule has 0 aromatic carbocycles.